The Labute approximate surface area is 172 Å². The maximum absolute atomic E-state index is 12.2. The molecule has 8 nitrogen and oxygen atoms in total. The van der Waals surface area contributed by atoms with Gasteiger partial charge in [0.1, 0.15) is 5.92 Å². The van der Waals surface area contributed by atoms with Crippen molar-refractivity contribution in [2.24, 2.45) is 11.3 Å². The number of nitriles is 2. The molecule has 1 atom stereocenters. The highest BCUT2D eigenvalue weighted by Crippen LogP contribution is 2.41. The van der Waals surface area contributed by atoms with Crippen molar-refractivity contribution < 1.29 is 19.1 Å². The average molecular weight is 412 g/mol. The molecule has 29 heavy (non-hydrogen) atoms. The summed E-state index contributed by atoms with van der Waals surface area (Å²) in [5, 5.41) is 24.2. The van der Waals surface area contributed by atoms with E-state index in [1.165, 1.54) is 0 Å². The molecular weight excluding hydrogens is 392 g/mol. The first-order valence-electron chi connectivity index (χ1n) is 8.79. The number of carbonyl (C=O) groups excluding carboxylic acids is 3. The van der Waals surface area contributed by atoms with Gasteiger partial charge >= 0.3 is 5.97 Å². The Morgan fingerprint density at radius 3 is 2.48 bits per heavy atom. The first kappa shape index (κ1) is 22.0. The Kier molecular flexibility index (Phi) is 7.03. The van der Waals surface area contributed by atoms with Gasteiger partial charge in [0.15, 0.2) is 0 Å². The number of anilines is 1. The van der Waals surface area contributed by atoms with Crippen LogP contribution in [0.3, 0.4) is 0 Å². The van der Waals surface area contributed by atoms with Gasteiger partial charge in [-0.15, -0.1) is 0 Å². The van der Waals surface area contributed by atoms with Crippen molar-refractivity contribution in [1.82, 2.24) is 5.32 Å². The molecule has 0 saturated heterocycles. The van der Waals surface area contributed by atoms with E-state index in [1.54, 1.807) is 45.0 Å². The van der Waals surface area contributed by atoms with Crippen LogP contribution in [-0.4, -0.2) is 30.1 Å². The molecule has 0 aliphatic carbocycles. The summed E-state index contributed by atoms with van der Waals surface area (Å²) in [7, 11) is 0. The van der Waals surface area contributed by atoms with Crippen LogP contribution in [0.25, 0.3) is 0 Å². The van der Waals surface area contributed by atoms with Crippen LogP contribution in [0.5, 0.6) is 0 Å². The predicted molar refractivity (Wildman–Crippen MR) is 107 cm³/mol. The van der Waals surface area contributed by atoms with Gasteiger partial charge in [0, 0.05) is 11.1 Å². The maximum Gasteiger partial charge on any atom is 0.338 e. The molecule has 0 spiro atoms. The number of rotatable bonds is 6. The van der Waals surface area contributed by atoms with Gasteiger partial charge in [-0.1, -0.05) is 25.6 Å². The van der Waals surface area contributed by atoms with Crippen molar-refractivity contribution in [3.05, 3.63) is 40.4 Å². The Bertz CT molecular complexity index is 939. The van der Waals surface area contributed by atoms with Crippen molar-refractivity contribution in [3.8, 4) is 12.1 Å². The minimum absolute atomic E-state index is 0.0479. The highest BCUT2D eigenvalue weighted by molar-refractivity contribution is 8.03. The number of benzene rings is 1. The SMILES string of the molecule is CCOC(=O)c1ccc(NC(=O)CSC2=C(C#N)C(C)(C)[C@H](C#N)C(=O)N2)cc1. The molecule has 1 aromatic carbocycles. The largest absolute Gasteiger partial charge is 0.462 e. The zero-order chi connectivity index (χ0) is 21.6. The summed E-state index contributed by atoms with van der Waals surface area (Å²) in [5.41, 5.74) is 0.186. The smallest absolute Gasteiger partial charge is 0.338 e. The number of hydrogen-bond acceptors (Lipinski definition) is 7. The van der Waals surface area contributed by atoms with Gasteiger partial charge in [0.05, 0.1) is 40.7 Å². The van der Waals surface area contributed by atoms with E-state index in [4.69, 9.17) is 4.74 Å². The molecule has 0 bridgehead atoms. The number of nitrogens with one attached hydrogen (secondary N) is 2. The summed E-state index contributed by atoms with van der Waals surface area (Å²) in [5.74, 6) is -2.31. The molecule has 2 amide bonds. The second-order valence-electron chi connectivity index (χ2n) is 6.72. The summed E-state index contributed by atoms with van der Waals surface area (Å²) in [6.07, 6.45) is 0. The number of allylic oxidation sites excluding steroid dienone is 1. The molecule has 150 valence electrons. The Balaban J connectivity index is 2.04. The number of amides is 2. The lowest BCUT2D eigenvalue weighted by molar-refractivity contribution is -0.125. The van der Waals surface area contributed by atoms with Gasteiger partial charge in [0.2, 0.25) is 11.8 Å². The molecule has 0 unspecified atom stereocenters. The molecule has 1 aliphatic rings. The van der Waals surface area contributed by atoms with E-state index in [1.807, 2.05) is 12.1 Å². The lowest BCUT2D eigenvalue weighted by atomic mass is 9.72. The molecule has 0 saturated carbocycles. The summed E-state index contributed by atoms with van der Waals surface area (Å²) in [6, 6.07) is 10.2. The molecule has 1 aliphatic heterocycles. The quantitative estimate of drug-likeness (QED) is 0.686. The van der Waals surface area contributed by atoms with E-state index in [0.29, 0.717) is 11.3 Å². The van der Waals surface area contributed by atoms with Crippen molar-refractivity contribution in [2.75, 3.05) is 17.7 Å². The highest BCUT2D eigenvalue weighted by atomic mass is 32.2. The molecule has 9 heteroatoms. The fourth-order valence-corrected chi connectivity index (χ4v) is 3.75. The van der Waals surface area contributed by atoms with Crippen molar-refractivity contribution in [3.63, 3.8) is 0 Å². The fourth-order valence-electron chi connectivity index (χ4n) is 2.77. The van der Waals surface area contributed by atoms with E-state index in [-0.39, 0.29) is 28.9 Å². The zero-order valence-electron chi connectivity index (χ0n) is 16.2. The van der Waals surface area contributed by atoms with Gasteiger partial charge in [-0.25, -0.2) is 4.79 Å². The van der Waals surface area contributed by atoms with Crippen LogP contribution >= 0.6 is 11.8 Å². The van der Waals surface area contributed by atoms with Gasteiger partial charge in [-0.05, 0) is 31.2 Å². The van der Waals surface area contributed by atoms with Crippen molar-refractivity contribution in [2.45, 2.75) is 20.8 Å². The third-order valence-electron chi connectivity index (χ3n) is 4.36. The summed E-state index contributed by atoms with van der Waals surface area (Å²) < 4.78 is 4.90. The summed E-state index contributed by atoms with van der Waals surface area (Å²) >= 11 is 1.02. The van der Waals surface area contributed by atoms with Crippen LogP contribution in [0, 0.1) is 34.0 Å². The summed E-state index contributed by atoms with van der Waals surface area (Å²) in [6.45, 7) is 5.30. The molecule has 0 fully saturated rings. The number of ether oxygens (including phenoxy) is 1. The van der Waals surface area contributed by atoms with Gasteiger partial charge in [0.25, 0.3) is 0 Å². The minimum atomic E-state index is -0.978. The van der Waals surface area contributed by atoms with Crippen molar-refractivity contribution >= 4 is 35.2 Å². The molecular formula is C20H20N4O4S. The van der Waals surface area contributed by atoms with Crippen LogP contribution in [0.4, 0.5) is 5.69 Å². The third kappa shape index (κ3) is 4.95. The topological polar surface area (TPSA) is 132 Å². The highest BCUT2D eigenvalue weighted by Gasteiger charge is 2.44. The second kappa shape index (κ2) is 9.26. The van der Waals surface area contributed by atoms with Crippen LogP contribution in [-0.2, 0) is 14.3 Å². The second-order valence-corrected chi connectivity index (χ2v) is 7.71. The first-order chi connectivity index (χ1) is 13.7. The molecule has 1 aromatic rings. The van der Waals surface area contributed by atoms with Gasteiger partial charge in [-0.3, -0.25) is 9.59 Å². The molecule has 2 rings (SSSR count). The number of hydrogen-bond donors (Lipinski definition) is 2. The number of thioether (sulfide) groups is 1. The van der Waals surface area contributed by atoms with Crippen LogP contribution < -0.4 is 10.6 Å². The number of carbonyl (C=O) groups is 3. The van der Waals surface area contributed by atoms with E-state index in [2.05, 4.69) is 10.6 Å². The number of esters is 1. The molecule has 1 heterocycles. The third-order valence-corrected chi connectivity index (χ3v) is 5.36. The van der Waals surface area contributed by atoms with E-state index in [0.717, 1.165) is 11.8 Å². The monoisotopic (exact) mass is 412 g/mol. The molecule has 0 aromatic heterocycles. The standard InChI is InChI=1S/C20H20N4O4S/c1-4-28-19(27)12-5-7-13(8-6-12)23-16(25)11-29-18-15(10-22)20(2,3)14(9-21)17(26)24-18/h5-8,14H,4,11H2,1-3H3,(H,23,25)(H,24,26)/t14-/m1/s1. The van der Waals surface area contributed by atoms with Crippen LogP contribution in [0.15, 0.2) is 34.9 Å². The van der Waals surface area contributed by atoms with Crippen LogP contribution in [0.1, 0.15) is 31.1 Å². The predicted octanol–water partition coefficient (Wildman–Crippen LogP) is 2.57. The van der Waals surface area contributed by atoms with Gasteiger partial charge in [-0.2, -0.15) is 10.5 Å². The van der Waals surface area contributed by atoms with E-state index in [9.17, 15) is 24.9 Å². The average Bonchev–Trinajstić information content (AvgIpc) is 2.66. The minimum Gasteiger partial charge on any atom is -0.462 e. The van der Waals surface area contributed by atoms with E-state index < -0.39 is 23.2 Å². The van der Waals surface area contributed by atoms with E-state index >= 15 is 0 Å². The Morgan fingerprint density at radius 1 is 1.28 bits per heavy atom. The summed E-state index contributed by atoms with van der Waals surface area (Å²) in [4.78, 5) is 36.0. The van der Waals surface area contributed by atoms with Gasteiger partial charge < -0.3 is 15.4 Å². The molecule has 0 radical (unpaired) electrons. The normalized spacial score (nSPS) is 17.6. The molecule has 2 N–H and O–H groups in total. The lowest BCUT2D eigenvalue weighted by Crippen LogP contribution is -2.44. The Hall–Kier alpha value is -3.30. The van der Waals surface area contributed by atoms with Crippen LogP contribution in [0.2, 0.25) is 0 Å². The van der Waals surface area contributed by atoms with Crippen molar-refractivity contribution in [1.29, 1.82) is 10.5 Å². The zero-order valence-corrected chi connectivity index (χ0v) is 17.1. The first-order valence-corrected chi connectivity index (χ1v) is 9.78. The lowest BCUT2D eigenvalue weighted by Gasteiger charge is -2.34. The maximum atomic E-state index is 12.2. The number of nitrogens with zero attached hydrogens (tertiary/aromatic N) is 2. The fraction of sp³-hybridized carbons (Fsp3) is 0.350. The Morgan fingerprint density at radius 2 is 1.93 bits per heavy atom.